The summed E-state index contributed by atoms with van der Waals surface area (Å²) in [5.41, 5.74) is -0.867. The molecule has 1 aliphatic rings. The fourth-order valence-electron chi connectivity index (χ4n) is 2.17. The van der Waals surface area contributed by atoms with E-state index in [9.17, 15) is 18.9 Å². The Balaban J connectivity index is 2.25. The number of nitro benzene ring substituents is 1. The maximum absolute atomic E-state index is 13.4. The van der Waals surface area contributed by atoms with Crippen LogP contribution in [0.1, 0.15) is 13.3 Å². The van der Waals surface area contributed by atoms with E-state index in [-0.39, 0.29) is 17.6 Å². The monoisotopic (exact) mass is 272 g/mol. The summed E-state index contributed by atoms with van der Waals surface area (Å²) in [5, 5.41) is 13.6. The molecule has 0 aliphatic carbocycles. The second-order valence-electron chi connectivity index (χ2n) is 4.60. The lowest BCUT2D eigenvalue weighted by atomic mass is 10.0. The lowest BCUT2D eigenvalue weighted by Gasteiger charge is -2.20. The molecule has 2 unspecified atom stereocenters. The molecule has 1 saturated heterocycles. The Morgan fingerprint density at radius 3 is 2.84 bits per heavy atom. The molecule has 1 aromatic carbocycles. The minimum atomic E-state index is -1.18. The van der Waals surface area contributed by atoms with Crippen molar-refractivity contribution in [1.82, 2.24) is 0 Å². The summed E-state index contributed by atoms with van der Waals surface area (Å²) in [7, 11) is 0. The first-order valence-electron chi connectivity index (χ1n) is 5.96. The predicted molar refractivity (Wildman–Crippen MR) is 65.0 cm³/mol. The van der Waals surface area contributed by atoms with Crippen LogP contribution in [0.25, 0.3) is 0 Å². The standard InChI is InChI=1S/C12H14F2N2O3/c1-7(8-2-3-19-6-8)15-11-5-9(13)4-10(14)12(11)16(17)18/h4-5,7-8,15H,2-3,6H2,1H3. The largest absolute Gasteiger partial charge is 0.381 e. The van der Waals surface area contributed by atoms with Crippen molar-refractivity contribution >= 4 is 11.4 Å². The number of nitrogens with zero attached hydrogens (tertiary/aromatic N) is 1. The minimum Gasteiger partial charge on any atom is -0.381 e. The summed E-state index contributed by atoms with van der Waals surface area (Å²) in [4.78, 5) is 9.98. The molecule has 2 atom stereocenters. The van der Waals surface area contributed by atoms with E-state index in [4.69, 9.17) is 4.74 Å². The Morgan fingerprint density at radius 2 is 2.26 bits per heavy atom. The van der Waals surface area contributed by atoms with Crippen LogP contribution in [0.4, 0.5) is 20.2 Å². The molecular formula is C12H14F2N2O3. The molecule has 0 aromatic heterocycles. The van der Waals surface area contributed by atoms with E-state index >= 15 is 0 Å². The molecule has 1 aromatic rings. The van der Waals surface area contributed by atoms with E-state index in [2.05, 4.69) is 5.32 Å². The second-order valence-corrected chi connectivity index (χ2v) is 4.60. The highest BCUT2D eigenvalue weighted by atomic mass is 19.1. The minimum absolute atomic E-state index is 0.137. The SMILES string of the molecule is CC(Nc1cc(F)cc(F)c1[N+](=O)[O-])C1CCOC1. The number of hydrogen-bond acceptors (Lipinski definition) is 4. The smallest absolute Gasteiger partial charge is 0.327 e. The lowest BCUT2D eigenvalue weighted by molar-refractivity contribution is -0.386. The number of ether oxygens (including phenoxy) is 1. The normalized spacial score (nSPS) is 20.3. The number of nitro groups is 1. The van der Waals surface area contributed by atoms with Crippen LogP contribution in [-0.4, -0.2) is 24.2 Å². The van der Waals surface area contributed by atoms with Gasteiger partial charge < -0.3 is 10.1 Å². The molecule has 0 radical (unpaired) electrons. The van der Waals surface area contributed by atoms with Gasteiger partial charge in [0.25, 0.3) is 0 Å². The lowest BCUT2D eigenvalue weighted by Crippen LogP contribution is -2.26. The van der Waals surface area contributed by atoms with Crippen molar-refractivity contribution in [1.29, 1.82) is 0 Å². The van der Waals surface area contributed by atoms with Crippen LogP contribution in [-0.2, 0) is 4.74 Å². The molecule has 1 fully saturated rings. The molecular weight excluding hydrogens is 258 g/mol. The van der Waals surface area contributed by atoms with E-state index in [0.717, 1.165) is 12.5 Å². The van der Waals surface area contributed by atoms with Gasteiger partial charge in [0.15, 0.2) is 0 Å². The van der Waals surface area contributed by atoms with Gasteiger partial charge in [-0.15, -0.1) is 0 Å². The average molecular weight is 272 g/mol. The summed E-state index contributed by atoms with van der Waals surface area (Å²) in [6.07, 6.45) is 0.819. The summed E-state index contributed by atoms with van der Waals surface area (Å²) >= 11 is 0. The van der Waals surface area contributed by atoms with Crippen LogP contribution in [0.2, 0.25) is 0 Å². The van der Waals surface area contributed by atoms with Gasteiger partial charge in [-0.2, -0.15) is 4.39 Å². The zero-order valence-corrected chi connectivity index (χ0v) is 10.4. The van der Waals surface area contributed by atoms with Crippen LogP contribution in [0.3, 0.4) is 0 Å². The van der Waals surface area contributed by atoms with Gasteiger partial charge in [0.1, 0.15) is 11.5 Å². The molecule has 1 N–H and O–H groups in total. The van der Waals surface area contributed by atoms with Crippen molar-refractivity contribution in [3.63, 3.8) is 0 Å². The Labute approximate surface area is 108 Å². The van der Waals surface area contributed by atoms with E-state index in [1.54, 1.807) is 0 Å². The third-order valence-electron chi connectivity index (χ3n) is 3.27. The molecule has 0 amide bonds. The van der Waals surface area contributed by atoms with Crippen LogP contribution >= 0.6 is 0 Å². The number of anilines is 1. The average Bonchev–Trinajstić information content (AvgIpc) is 2.80. The highest BCUT2D eigenvalue weighted by molar-refractivity contribution is 5.62. The first-order chi connectivity index (χ1) is 8.99. The van der Waals surface area contributed by atoms with Gasteiger partial charge in [-0.25, -0.2) is 4.39 Å². The quantitative estimate of drug-likeness (QED) is 0.676. The van der Waals surface area contributed by atoms with E-state index in [1.807, 2.05) is 6.92 Å². The van der Waals surface area contributed by atoms with E-state index in [0.29, 0.717) is 19.3 Å². The Hall–Kier alpha value is -1.76. The number of hydrogen-bond donors (Lipinski definition) is 1. The molecule has 5 nitrogen and oxygen atoms in total. The summed E-state index contributed by atoms with van der Waals surface area (Å²) in [6, 6.07) is 1.28. The maximum Gasteiger partial charge on any atom is 0.327 e. The van der Waals surface area contributed by atoms with Gasteiger partial charge in [-0.1, -0.05) is 0 Å². The molecule has 1 heterocycles. The van der Waals surface area contributed by atoms with Crippen LogP contribution in [0.5, 0.6) is 0 Å². The first kappa shape index (κ1) is 13.7. The van der Waals surface area contributed by atoms with Crippen LogP contribution in [0, 0.1) is 27.7 Å². The zero-order chi connectivity index (χ0) is 14.0. The number of nitrogens with one attached hydrogen (secondary N) is 1. The molecule has 2 rings (SSSR count). The van der Waals surface area contributed by atoms with Gasteiger partial charge in [-0.3, -0.25) is 10.1 Å². The third-order valence-corrected chi connectivity index (χ3v) is 3.27. The van der Waals surface area contributed by atoms with Crippen LogP contribution < -0.4 is 5.32 Å². The molecule has 1 aliphatic heterocycles. The fraction of sp³-hybridized carbons (Fsp3) is 0.500. The topological polar surface area (TPSA) is 64.4 Å². The summed E-state index contributed by atoms with van der Waals surface area (Å²) in [6.45, 7) is 2.99. The predicted octanol–water partition coefficient (Wildman–Crippen LogP) is 2.71. The Kier molecular flexibility index (Phi) is 3.94. The fourth-order valence-corrected chi connectivity index (χ4v) is 2.17. The molecule has 0 bridgehead atoms. The highest BCUT2D eigenvalue weighted by Gasteiger charge is 2.27. The second kappa shape index (κ2) is 5.48. The van der Waals surface area contributed by atoms with Crippen molar-refractivity contribution in [2.75, 3.05) is 18.5 Å². The molecule has 104 valence electrons. The van der Waals surface area contributed by atoms with Gasteiger partial charge in [0.2, 0.25) is 5.82 Å². The van der Waals surface area contributed by atoms with Gasteiger partial charge in [-0.05, 0) is 13.3 Å². The summed E-state index contributed by atoms with van der Waals surface area (Å²) < 4.78 is 31.8. The Morgan fingerprint density at radius 1 is 1.53 bits per heavy atom. The summed E-state index contributed by atoms with van der Waals surface area (Å²) in [5.74, 6) is -1.85. The molecule has 0 spiro atoms. The maximum atomic E-state index is 13.4. The van der Waals surface area contributed by atoms with Crippen molar-refractivity contribution in [2.24, 2.45) is 5.92 Å². The molecule has 7 heteroatoms. The highest BCUT2D eigenvalue weighted by Crippen LogP contribution is 2.31. The van der Waals surface area contributed by atoms with Crippen molar-refractivity contribution < 1.29 is 18.4 Å². The Bertz CT molecular complexity index is 490. The van der Waals surface area contributed by atoms with Crippen molar-refractivity contribution in [2.45, 2.75) is 19.4 Å². The zero-order valence-electron chi connectivity index (χ0n) is 10.4. The van der Waals surface area contributed by atoms with Gasteiger partial charge >= 0.3 is 5.69 Å². The van der Waals surface area contributed by atoms with E-state index in [1.165, 1.54) is 0 Å². The first-order valence-corrected chi connectivity index (χ1v) is 5.96. The van der Waals surface area contributed by atoms with Gasteiger partial charge in [0.05, 0.1) is 11.5 Å². The van der Waals surface area contributed by atoms with Crippen molar-refractivity contribution in [3.05, 3.63) is 33.9 Å². The van der Waals surface area contributed by atoms with Crippen molar-refractivity contribution in [3.8, 4) is 0 Å². The van der Waals surface area contributed by atoms with Crippen LogP contribution in [0.15, 0.2) is 12.1 Å². The number of benzene rings is 1. The number of halogens is 2. The third kappa shape index (κ3) is 2.98. The van der Waals surface area contributed by atoms with Gasteiger partial charge in [0, 0.05) is 30.7 Å². The molecule has 19 heavy (non-hydrogen) atoms. The van der Waals surface area contributed by atoms with E-state index < -0.39 is 22.2 Å². The molecule has 0 saturated carbocycles. The number of rotatable bonds is 4.